The molecular weight excluding hydrogens is 346 g/mol. The number of anilines is 1. The van der Waals surface area contributed by atoms with Crippen molar-refractivity contribution in [2.45, 2.75) is 0 Å². The van der Waals surface area contributed by atoms with Crippen LogP contribution in [0, 0.1) is 0 Å². The van der Waals surface area contributed by atoms with Crippen LogP contribution in [0.4, 0.5) is 5.69 Å². The van der Waals surface area contributed by atoms with Gasteiger partial charge < -0.3 is 10.1 Å². The van der Waals surface area contributed by atoms with Crippen molar-refractivity contribution < 1.29 is 19.1 Å². The van der Waals surface area contributed by atoms with E-state index >= 15 is 0 Å². The number of hydrogen-bond donors (Lipinski definition) is 3. The minimum absolute atomic E-state index is 0.311. The van der Waals surface area contributed by atoms with Crippen LogP contribution in [0.2, 0.25) is 0 Å². The van der Waals surface area contributed by atoms with Gasteiger partial charge in [-0.1, -0.05) is 36.4 Å². The van der Waals surface area contributed by atoms with Gasteiger partial charge in [-0.05, 0) is 35.7 Å². The van der Waals surface area contributed by atoms with Crippen LogP contribution < -0.4 is 20.9 Å². The van der Waals surface area contributed by atoms with Gasteiger partial charge in [-0.25, -0.2) is 0 Å². The molecular formula is C20H17N3O4. The average Bonchev–Trinajstić information content (AvgIpc) is 2.72. The molecule has 0 atom stereocenters. The summed E-state index contributed by atoms with van der Waals surface area (Å²) in [4.78, 5) is 36.1. The molecule has 0 unspecified atom stereocenters. The summed E-state index contributed by atoms with van der Waals surface area (Å²) >= 11 is 0. The predicted octanol–water partition coefficient (Wildman–Crippen LogP) is 2.25. The van der Waals surface area contributed by atoms with E-state index in [4.69, 9.17) is 4.74 Å². The van der Waals surface area contributed by atoms with Gasteiger partial charge in [-0.15, -0.1) is 0 Å². The Labute approximate surface area is 155 Å². The van der Waals surface area contributed by atoms with E-state index < -0.39 is 17.7 Å². The van der Waals surface area contributed by atoms with Crippen molar-refractivity contribution in [3.05, 3.63) is 72.3 Å². The van der Waals surface area contributed by atoms with Gasteiger partial charge in [0.15, 0.2) is 0 Å². The first kappa shape index (κ1) is 17.9. The van der Waals surface area contributed by atoms with Gasteiger partial charge in [0.25, 0.3) is 5.91 Å². The highest BCUT2D eigenvalue weighted by molar-refractivity contribution is 6.40. The summed E-state index contributed by atoms with van der Waals surface area (Å²) in [7, 11) is 1.52. The van der Waals surface area contributed by atoms with Gasteiger partial charge in [-0.3, -0.25) is 25.2 Å². The third-order valence-electron chi connectivity index (χ3n) is 3.89. The molecule has 0 spiro atoms. The molecule has 0 radical (unpaired) electrons. The fourth-order valence-electron chi connectivity index (χ4n) is 2.50. The number of carbonyl (C=O) groups is 3. The maximum atomic E-state index is 12.1. The minimum Gasteiger partial charge on any atom is -0.497 e. The van der Waals surface area contributed by atoms with Crippen LogP contribution in [-0.4, -0.2) is 24.8 Å². The van der Waals surface area contributed by atoms with E-state index in [0.29, 0.717) is 17.0 Å². The first-order valence-corrected chi connectivity index (χ1v) is 8.12. The number of hydrogen-bond acceptors (Lipinski definition) is 4. The number of carbonyl (C=O) groups excluding carboxylic acids is 3. The zero-order chi connectivity index (χ0) is 19.2. The second-order valence-corrected chi connectivity index (χ2v) is 5.62. The summed E-state index contributed by atoms with van der Waals surface area (Å²) in [6, 6.07) is 19.2. The van der Waals surface area contributed by atoms with Crippen molar-refractivity contribution in [2.24, 2.45) is 0 Å². The Hall–Kier alpha value is -3.87. The second-order valence-electron chi connectivity index (χ2n) is 5.62. The lowest BCUT2D eigenvalue weighted by Gasteiger charge is -2.10. The van der Waals surface area contributed by atoms with Crippen molar-refractivity contribution in [1.29, 1.82) is 0 Å². The van der Waals surface area contributed by atoms with Crippen LogP contribution >= 0.6 is 0 Å². The Morgan fingerprint density at radius 1 is 0.778 bits per heavy atom. The molecule has 0 saturated carbocycles. The van der Waals surface area contributed by atoms with Crippen molar-refractivity contribution in [1.82, 2.24) is 10.9 Å². The van der Waals surface area contributed by atoms with Crippen LogP contribution in [0.3, 0.4) is 0 Å². The summed E-state index contributed by atoms with van der Waals surface area (Å²) in [5.74, 6) is -1.82. The number of ether oxygens (including phenoxy) is 1. The van der Waals surface area contributed by atoms with E-state index in [1.54, 1.807) is 24.3 Å². The molecule has 0 heterocycles. The first-order chi connectivity index (χ1) is 13.1. The number of hydrazine groups is 1. The lowest BCUT2D eigenvalue weighted by atomic mass is 10.1. The SMILES string of the molecule is COc1ccc(C(=O)NNC(=O)C(=O)Nc2cccc3ccccc23)cc1. The summed E-state index contributed by atoms with van der Waals surface area (Å²) in [5.41, 5.74) is 5.12. The lowest BCUT2D eigenvalue weighted by Crippen LogP contribution is -2.46. The van der Waals surface area contributed by atoms with Crippen molar-refractivity contribution in [3.63, 3.8) is 0 Å². The van der Waals surface area contributed by atoms with Gasteiger partial charge in [0.1, 0.15) is 5.75 Å². The van der Waals surface area contributed by atoms with E-state index in [1.807, 2.05) is 30.3 Å². The Balaban J connectivity index is 1.60. The Morgan fingerprint density at radius 3 is 2.22 bits per heavy atom. The Morgan fingerprint density at radius 2 is 1.48 bits per heavy atom. The maximum Gasteiger partial charge on any atom is 0.328 e. The van der Waals surface area contributed by atoms with Crippen molar-refractivity contribution in [2.75, 3.05) is 12.4 Å². The highest BCUT2D eigenvalue weighted by atomic mass is 16.5. The fraction of sp³-hybridized carbons (Fsp3) is 0.0500. The lowest BCUT2D eigenvalue weighted by molar-refractivity contribution is -0.136. The van der Waals surface area contributed by atoms with Crippen LogP contribution in [0.1, 0.15) is 10.4 Å². The molecule has 7 nitrogen and oxygen atoms in total. The molecule has 0 fully saturated rings. The van der Waals surface area contributed by atoms with E-state index in [2.05, 4.69) is 16.2 Å². The highest BCUT2D eigenvalue weighted by Crippen LogP contribution is 2.22. The smallest absolute Gasteiger partial charge is 0.328 e. The van der Waals surface area contributed by atoms with Crippen LogP contribution in [0.15, 0.2) is 66.7 Å². The molecule has 3 aromatic carbocycles. The summed E-state index contributed by atoms with van der Waals surface area (Å²) < 4.78 is 5.01. The van der Waals surface area contributed by atoms with E-state index in [9.17, 15) is 14.4 Å². The number of benzene rings is 3. The van der Waals surface area contributed by atoms with Gasteiger partial charge in [-0.2, -0.15) is 0 Å². The van der Waals surface area contributed by atoms with Crippen LogP contribution in [-0.2, 0) is 9.59 Å². The Bertz CT molecular complexity index is 994. The summed E-state index contributed by atoms with van der Waals surface area (Å²) in [6.45, 7) is 0. The molecule has 27 heavy (non-hydrogen) atoms. The van der Waals surface area contributed by atoms with Crippen LogP contribution in [0.25, 0.3) is 10.8 Å². The molecule has 0 bridgehead atoms. The quantitative estimate of drug-likeness (QED) is 0.491. The van der Waals surface area contributed by atoms with Crippen LogP contribution in [0.5, 0.6) is 5.75 Å². The third-order valence-corrected chi connectivity index (χ3v) is 3.89. The second kappa shape index (κ2) is 8.01. The summed E-state index contributed by atoms with van der Waals surface area (Å²) in [5, 5.41) is 4.29. The number of methoxy groups -OCH3 is 1. The van der Waals surface area contributed by atoms with E-state index in [1.165, 1.54) is 19.2 Å². The van der Waals surface area contributed by atoms with Gasteiger partial charge >= 0.3 is 11.8 Å². The number of amides is 3. The predicted molar refractivity (Wildman–Crippen MR) is 101 cm³/mol. The van der Waals surface area contributed by atoms with Gasteiger partial charge in [0.2, 0.25) is 0 Å². The highest BCUT2D eigenvalue weighted by Gasteiger charge is 2.16. The molecule has 3 amide bonds. The normalized spacial score (nSPS) is 10.1. The zero-order valence-corrected chi connectivity index (χ0v) is 14.5. The molecule has 0 aliphatic heterocycles. The monoisotopic (exact) mass is 363 g/mol. The molecule has 3 aromatic rings. The molecule has 7 heteroatoms. The largest absolute Gasteiger partial charge is 0.497 e. The Kier molecular flexibility index (Phi) is 5.32. The molecule has 136 valence electrons. The van der Waals surface area contributed by atoms with E-state index in [-0.39, 0.29) is 0 Å². The topological polar surface area (TPSA) is 96.5 Å². The third kappa shape index (κ3) is 4.21. The van der Waals surface area contributed by atoms with E-state index in [0.717, 1.165) is 10.8 Å². The van der Waals surface area contributed by atoms with Crippen molar-refractivity contribution in [3.8, 4) is 5.75 Å². The first-order valence-electron chi connectivity index (χ1n) is 8.12. The number of rotatable bonds is 3. The summed E-state index contributed by atoms with van der Waals surface area (Å²) in [6.07, 6.45) is 0. The minimum atomic E-state index is -0.982. The molecule has 3 rings (SSSR count). The molecule has 3 N–H and O–H groups in total. The number of nitrogens with one attached hydrogen (secondary N) is 3. The van der Waals surface area contributed by atoms with Gasteiger partial charge in [0, 0.05) is 16.6 Å². The molecule has 0 aromatic heterocycles. The molecule has 0 aliphatic carbocycles. The van der Waals surface area contributed by atoms with Crippen molar-refractivity contribution >= 4 is 34.2 Å². The average molecular weight is 363 g/mol. The zero-order valence-electron chi connectivity index (χ0n) is 14.5. The number of fused-ring (bicyclic) bond motifs is 1. The maximum absolute atomic E-state index is 12.1. The molecule has 0 saturated heterocycles. The van der Waals surface area contributed by atoms with Gasteiger partial charge in [0.05, 0.1) is 7.11 Å². The fourth-order valence-corrected chi connectivity index (χ4v) is 2.50. The standard InChI is InChI=1S/C20H17N3O4/c1-27-15-11-9-14(10-12-15)18(24)22-23-20(26)19(25)21-17-8-4-6-13-5-2-3-7-16(13)17/h2-12H,1H3,(H,21,25)(H,22,24)(H,23,26). The molecule has 0 aliphatic rings.